The summed E-state index contributed by atoms with van der Waals surface area (Å²) < 4.78 is 1.91. The number of amides is 1. The van der Waals surface area contributed by atoms with Crippen molar-refractivity contribution in [1.29, 1.82) is 0 Å². The summed E-state index contributed by atoms with van der Waals surface area (Å²) in [6, 6.07) is 0. The Morgan fingerprint density at radius 2 is 2.10 bits per heavy atom. The van der Waals surface area contributed by atoms with Gasteiger partial charge in [-0.1, -0.05) is 20.8 Å². The van der Waals surface area contributed by atoms with E-state index in [2.05, 4.69) is 18.9 Å². The second kappa shape index (κ2) is 6.39. The van der Waals surface area contributed by atoms with Gasteiger partial charge >= 0.3 is 0 Å². The molecule has 0 unspecified atom stereocenters. The molecular weight excluding hydrogens is 254 g/mol. The van der Waals surface area contributed by atoms with Gasteiger partial charge in [0.25, 0.3) is 5.91 Å². The van der Waals surface area contributed by atoms with Gasteiger partial charge in [0.1, 0.15) is 0 Å². The largest absolute Gasteiger partial charge is 0.389 e. The molecule has 0 fully saturated rings. The Kier molecular flexibility index (Phi) is 5.34. The maximum atomic E-state index is 12.5. The molecule has 1 heterocycles. The summed E-state index contributed by atoms with van der Waals surface area (Å²) in [5, 5.41) is 14.2. The monoisotopic (exact) mass is 281 g/mol. The number of aliphatic hydroxyl groups is 1. The molecule has 0 saturated carbocycles. The number of carbonyl (C=O) groups excluding carboxylic acids is 1. The minimum Gasteiger partial charge on any atom is -0.389 e. The van der Waals surface area contributed by atoms with Crippen molar-refractivity contribution in [3.8, 4) is 0 Å². The molecule has 0 saturated heterocycles. The van der Waals surface area contributed by atoms with Crippen molar-refractivity contribution in [2.45, 2.75) is 53.2 Å². The zero-order valence-corrected chi connectivity index (χ0v) is 13.5. The van der Waals surface area contributed by atoms with Crippen molar-refractivity contribution < 1.29 is 9.90 Å². The van der Waals surface area contributed by atoms with Crippen molar-refractivity contribution in [3.05, 3.63) is 17.5 Å². The van der Waals surface area contributed by atoms with Crippen LogP contribution in [0.3, 0.4) is 0 Å². The van der Waals surface area contributed by atoms with Crippen LogP contribution in [0, 0.1) is 5.92 Å². The van der Waals surface area contributed by atoms with Crippen LogP contribution in [0.5, 0.6) is 0 Å². The number of carbonyl (C=O) groups is 1. The summed E-state index contributed by atoms with van der Waals surface area (Å²) in [4.78, 5) is 14.0. The van der Waals surface area contributed by atoms with Crippen molar-refractivity contribution in [2.24, 2.45) is 5.92 Å². The molecule has 0 spiro atoms. The number of rotatable bonds is 6. The van der Waals surface area contributed by atoms with Crippen LogP contribution in [0.1, 0.15) is 50.7 Å². The summed E-state index contributed by atoms with van der Waals surface area (Å²) in [5.41, 5.74) is 0.705. The molecule has 0 aliphatic rings. The Morgan fingerprint density at radius 3 is 2.55 bits per heavy atom. The predicted molar refractivity (Wildman–Crippen MR) is 79.7 cm³/mol. The van der Waals surface area contributed by atoms with Crippen molar-refractivity contribution in [2.75, 3.05) is 13.6 Å². The fourth-order valence-corrected chi connectivity index (χ4v) is 2.32. The minimum absolute atomic E-state index is 0.0843. The Bertz CT molecular complexity index is 458. The highest BCUT2D eigenvalue weighted by atomic mass is 16.3. The highest BCUT2D eigenvalue weighted by Gasteiger charge is 2.24. The lowest BCUT2D eigenvalue weighted by atomic mass is 10.1. The summed E-state index contributed by atoms with van der Waals surface area (Å²) in [6.45, 7) is 10.8. The normalized spacial score (nSPS) is 12.0. The lowest BCUT2D eigenvalue weighted by Gasteiger charge is -2.25. The van der Waals surface area contributed by atoms with Crippen LogP contribution < -0.4 is 0 Å². The molecule has 0 bridgehead atoms. The molecule has 1 aromatic heterocycles. The third-order valence-corrected chi connectivity index (χ3v) is 3.02. The number of likely N-dealkylation sites (N-methyl/N-ethyl adjacent to an activating group) is 1. The van der Waals surface area contributed by atoms with E-state index in [0.29, 0.717) is 18.0 Å². The summed E-state index contributed by atoms with van der Waals surface area (Å²) in [7, 11) is 1.71. The van der Waals surface area contributed by atoms with Gasteiger partial charge in [-0.05, 0) is 26.2 Å². The zero-order valence-electron chi connectivity index (χ0n) is 13.5. The van der Waals surface area contributed by atoms with Gasteiger partial charge in [0.05, 0.1) is 23.1 Å². The number of nitrogens with zero attached hydrogens (tertiary/aromatic N) is 3. The van der Waals surface area contributed by atoms with Crippen LogP contribution in [0.4, 0.5) is 0 Å². The lowest BCUT2D eigenvalue weighted by molar-refractivity contribution is 0.0367. The SMILES string of the molecule is CCc1c(C(=O)N(C)CC(C)(C)O)cnn1CC(C)C. The Balaban J connectivity index is 2.96. The van der Waals surface area contributed by atoms with Crippen LogP contribution in [0.25, 0.3) is 0 Å². The van der Waals surface area contributed by atoms with E-state index in [1.54, 1.807) is 32.0 Å². The number of hydrogen-bond donors (Lipinski definition) is 1. The first-order valence-corrected chi connectivity index (χ1v) is 7.18. The molecule has 5 heteroatoms. The third kappa shape index (κ3) is 4.34. The molecule has 114 valence electrons. The summed E-state index contributed by atoms with van der Waals surface area (Å²) in [5.74, 6) is 0.399. The molecule has 1 amide bonds. The van der Waals surface area contributed by atoms with Gasteiger partial charge in [0.15, 0.2) is 0 Å². The molecule has 1 rings (SSSR count). The van der Waals surface area contributed by atoms with E-state index < -0.39 is 5.60 Å². The van der Waals surface area contributed by atoms with Crippen LogP contribution in [0.15, 0.2) is 6.20 Å². The molecule has 1 N–H and O–H groups in total. The van der Waals surface area contributed by atoms with E-state index >= 15 is 0 Å². The van der Waals surface area contributed by atoms with E-state index in [-0.39, 0.29) is 5.91 Å². The summed E-state index contributed by atoms with van der Waals surface area (Å²) in [6.07, 6.45) is 2.41. The average Bonchev–Trinajstić information content (AvgIpc) is 2.67. The standard InChI is InChI=1S/C15H27N3O2/c1-7-13-12(8-16-18(13)9-11(2)3)14(19)17(6)10-15(4,5)20/h8,11,20H,7,9-10H2,1-6H3. The molecule has 5 nitrogen and oxygen atoms in total. The van der Waals surface area contributed by atoms with Gasteiger partial charge in [-0.15, -0.1) is 0 Å². The van der Waals surface area contributed by atoms with Gasteiger partial charge in [-0.25, -0.2) is 0 Å². The first-order valence-electron chi connectivity index (χ1n) is 7.18. The van der Waals surface area contributed by atoms with Gasteiger partial charge in [-0.3, -0.25) is 9.48 Å². The van der Waals surface area contributed by atoms with Gasteiger partial charge in [0.2, 0.25) is 0 Å². The highest BCUT2D eigenvalue weighted by molar-refractivity contribution is 5.95. The summed E-state index contributed by atoms with van der Waals surface area (Å²) >= 11 is 0. The number of hydrogen-bond acceptors (Lipinski definition) is 3. The van der Waals surface area contributed by atoms with Crippen LogP contribution in [-0.2, 0) is 13.0 Å². The van der Waals surface area contributed by atoms with Crippen molar-refractivity contribution in [3.63, 3.8) is 0 Å². The third-order valence-electron chi connectivity index (χ3n) is 3.02. The average molecular weight is 281 g/mol. The van der Waals surface area contributed by atoms with E-state index in [1.807, 2.05) is 11.6 Å². The van der Waals surface area contributed by atoms with Crippen LogP contribution in [0.2, 0.25) is 0 Å². The maximum Gasteiger partial charge on any atom is 0.257 e. The second-order valence-corrected chi connectivity index (χ2v) is 6.41. The van der Waals surface area contributed by atoms with Gasteiger partial charge in [0, 0.05) is 20.1 Å². The maximum absolute atomic E-state index is 12.5. The van der Waals surface area contributed by atoms with Crippen LogP contribution >= 0.6 is 0 Å². The van der Waals surface area contributed by atoms with Crippen molar-refractivity contribution >= 4 is 5.91 Å². The van der Waals surface area contributed by atoms with E-state index in [9.17, 15) is 9.90 Å². The van der Waals surface area contributed by atoms with Crippen molar-refractivity contribution in [1.82, 2.24) is 14.7 Å². The molecular formula is C15H27N3O2. The van der Waals surface area contributed by atoms with Crippen LogP contribution in [-0.4, -0.2) is 44.9 Å². The van der Waals surface area contributed by atoms with E-state index in [1.165, 1.54) is 0 Å². The highest BCUT2D eigenvalue weighted by Crippen LogP contribution is 2.15. The molecule has 0 radical (unpaired) electrons. The first-order chi connectivity index (χ1) is 9.15. The van der Waals surface area contributed by atoms with E-state index in [4.69, 9.17) is 0 Å². The molecule has 0 atom stereocenters. The lowest BCUT2D eigenvalue weighted by Crippen LogP contribution is -2.39. The minimum atomic E-state index is -0.898. The Hall–Kier alpha value is -1.36. The van der Waals surface area contributed by atoms with Gasteiger partial charge in [-0.2, -0.15) is 5.10 Å². The first kappa shape index (κ1) is 16.7. The Labute approximate surface area is 121 Å². The quantitative estimate of drug-likeness (QED) is 0.867. The van der Waals surface area contributed by atoms with E-state index in [0.717, 1.165) is 18.7 Å². The fourth-order valence-electron chi connectivity index (χ4n) is 2.32. The van der Waals surface area contributed by atoms with Gasteiger partial charge < -0.3 is 10.0 Å². The molecule has 0 aliphatic carbocycles. The molecule has 20 heavy (non-hydrogen) atoms. The topological polar surface area (TPSA) is 58.4 Å². The molecule has 1 aromatic rings. The molecule has 0 aromatic carbocycles. The number of aromatic nitrogens is 2. The molecule has 0 aliphatic heterocycles. The zero-order chi connectivity index (χ0) is 15.5. The predicted octanol–water partition coefficient (Wildman–Crippen LogP) is 1.94. The smallest absolute Gasteiger partial charge is 0.257 e. The second-order valence-electron chi connectivity index (χ2n) is 6.41. The Morgan fingerprint density at radius 1 is 1.50 bits per heavy atom. The fraction of sp³-hybridized carbons (Fsp3) is 0.733.